The summed E-state index contributed by atoms with van der Waals surface area (Å²) in [5.74, 6) is -0.460. The van der Waals surface area contributed by atoms with Gasteiger partial charge in [-0.15, -0.1) is 0 Å². The van der Waals surface area contributed by atoms with Crippen molar-refractivity contribution in [2.75, 3.05) is 10.2 Å². The summed E-state index contributed by atoms with van der Waals surface area (Å²) in [5, 5.41) is 2.82. The predicted molar refractivity (Wildman–Crippen MR) is 91.6 cm³/mol. The van der Waals surface area contributed by atoms with E-state index in [0.717, 1.165) is 5.56 Å². The molecule has 1 aliphatic rings. The fourth-order valence-electron chi connectivity index (χ4n) is 2.72. The number of rotatable bonds is 4. The predicted octanol–water partition coefficient (Wildman–Crippen LogP) is 2.91. The van der Waals surface area contributed by atoms with Crippen LogP contribution < -0.4 is 10.2 Å². The van der Waals surface area contributed by atoms with Gasteiger partial charge in [-0.25, -0.2) is 0 Å². The van der Waals surface area contributed by atoms with Crippen molar-refractivity contribution >= 4 is 29.1 Å². The monoisotopic (exact) mass is 322 g/mol. The van der Waals surface area contributed by atoms with E-state index in [0.29, 0.717) is 37.1 Å². The average molecular weight is 322 g/mol. The molecule has 0 radical (unpaired) electrons. The highest BCUT2D eigenvalue weighted by atomic mass is 16.2. The Morgan fingerprint density at radius 1 is 0.917 bits per heavy atom. The number of nitrogens with zero attached hydrogens (tertiary/aromatic N) is 1. The van der Waals surface area contributed by atoms with Gasteiger partial charge in [0.1, 0.15) is 0 Å². The van der Waals surface area contributed by atoms with Gasteiger partial charge in [0.25, 0.3) is 0 Å². The van der Waals surface area contributed by atoms with Crippen LogP contribution in [0.2, 0.25) is 0 Å². The molecule has 0 spiro atoms. The van der Waals surface area contributed by atoms with E-state index in [4.69, 9.17) is 0 Å². The minimum atomic E-state index is -0.174. The van der Waals surface area contributed by atoms with Crippen molar-refractivity contribution in [1.82, 2.24) is 0 Å². The standard InChI is InChI=1S/C19H18N2O3/c22-17(13-14-5-2-1-3-6-14)20-15-9-11-16(12-10-15)21-18(23)7-4-8-19(21)24/h1-3,5-6,9-12H,4,7-8,13H2,(H,20,22). The smallest absolute Gasteiger partial charge is 0.233 e. The van der Waals surface area contributed by atoms with E-state index >= 15 is 0 Å². The molecule has 0 aliphatic carbocycles. The maximum absolute atomic E-state index is 12.0. The zero-order valence-corrected chi connectivity index (χ0v) is 13.2. The second-order valence-electron chi connectivity index (χ2n) is 5.73. The van der Waals surface area contributed by atoms with Crippen molar-refractivity contribution in [3.8, 4) is 0 Å². The molecule has 3 amide bonds. The first-order chi connectivity index (χ1) is 11.6. The second kappa shape index (κ2) is 7.08. The minimum Gasteiger partial charge on any atom is -0.326 e. The summed E-state index contributed by atoms with van der Waals surface area (Å²) in [5.41, 5.74) is 2.12. The lowest BCUT2D eigenvalue weighted by atomic mass is 10.1. The molecule has 3 rings (SSSR count). The highest BCUT2D eigenvalue weighted by Gasteiger charge is 2.27. The Morgan fingerprint density at radius 3 is 2.17 bits per heavy atom. The van der Waals surface area contributed by atoms with Gasteiger partial charge in [0.2, 0.25) is 17.7 Å². The Kier molecular flexibility index (Phi) is 4.70. The largest absolute Gasteiger partial charge is 0.326 e. The summed E-state index contributed by atoms with van der Waals surface area (Å²) in [7, 11) is 0. The van der Waals surface area contributed by atoms with Crippen molar-refractivity contribution < 1.29 is 14.4 Å². The van der Waals surface area contributed by atoms with E-state index in [2.05, 4.69) is 5.32 Å². The molecule has 24 heavy (non-hydrogen) atoms. The second-order valence-corrected chi connectivity index (χ2v) is 5.73. The number of anilines is 2. The van der Waals surface area contributed by atoms with Crippen molar-refractivity contribution in [2.24, 2.45) is 0 Å². The van der Waals surface area contributed by atoms with Crippen LogP contribution in [0.4, 0.5) is 11.4 Å². The van der Waals surface area contributed by atoms with Gasteiger partial charge in [-0.2, -0.15) is 0 Å². The molecule has 0 unspecified atom stereocenters. The molecule has 1 saturated heterocycles. The first-order valence-electron chi connectivity index (χ1n) is 7.93. The van der Waals surface area contributed by atoms with E-state index in [1.54, 1.807) is 24.3 Å². The van der Waals surface area contributed by atoms with Crippen molar-refractivity contribution in [1.29, 1.82) is 0 Å². The zero-order chi connectivity index (χ0) is 16.9. The number of carbonyl (C=O) groups excluding carboxylic acids is 3. The molecule has 5 heteroatoms. The Labute approximate surface area is 140 Å². The van der Waals surface area contributed by atoms with Gasteiger partial charge in [-0.1, -0.05) is 30.3 Å². The van der Waals surface area contributed by atoms with Gasteiger partial charge in [-0.3, -0.25) is 19.3 Å². The van der Waals surface area contributed by atoms with Crippen LogP contribution in [0.25, 0.3) is 0 Å². The molecule has 1 aliphatic heterocycles. The van der Waals surface area contributed by atoms with Gasteiger partial charge >= 0.3 is 0 Å². The molecular weight excluding hydrogens is 304 g/mol. The Morgan fingerprint density at radius 2 is 1.54 bits per heavy atom. The van der Waals surface area contributed by atoms with Crippen LogP contribution in [0.5, 0.6) is 0 Å². The van der Waals surface area contributed by atoms with Gasteiger partial charge in [0, 0.05) is 18.5 Å². The number of carbonyl (C=O) groups is 3. The number of hydrogen-bond acceptors (Lipinski definition) is 3. The fourth-order valence-corrected chi connectivity index (χ4v) is 2.72. The summed E-state index contributed by atoms with van der Waals surface area (Å²) >= 11 is 0. The number of hydrogen-bond donors (Lipinski definition) is 1. The van der Waals surface area contributed by atoms with Crippen LogP contribution in [0.3, 0.4) is 0 Å². The van der Waals surface area contributed by atoms with Crippen molar-refractivity contribution in [3.05, 3.63) is 60.2 Å². The first-order valence-corrected chi connectivity index (χ1v) is 7.93. The number of piperidine rings is 1. The van der Waals surface area contributed by atoms with Crippen molar-refractivity contribution in [2.45, 2.75) is 25.7 Å². The summed E-state index contributed by atoms with van der Waals surface area (Å²) in [6, 6.07) is 16.3. The first kappa shape index (κ1) is 15.9. The topological polar surface area (TPSA) is 66.5 Å². The van der Waals surface area contributed by atoms with Gasteiger partial charge in [0.05, 0.1) is 12.1 Å². The Hall–Kier alpha value is -2.95. The lowest BCUT2D eigenvalue weighted by molar-refractivity contribution is -0.129. The van der Waals surface area contributed by atoms with Crippen molar-refractivity contribution in [3.63, 3.8) is 0 Å². The third-order valence-corrected chi connectivity index (χ3v) is 3.90. The lowest BCUT2D eigenvalue weighted by Crippen LogP contribution is -2.40. The molecule has 1 fully saturated rings. The molecular formula is C19H18N2O3. The molecule has 1 heterocycles. The SMILES string of the molecule is O=C(Cc1ccccc1)Nc1ccc(N2C(=O)CCCC2=O)cc1. The maximum Gasteiger partial charge on any atom is 0.233 e. The van der Waals surface area contributed by atoms with Crippen LogP contribution in [0, 0.1) is 0 Å². The summed E-state index contributed by atoms with van der Waals surface area (Å²) in [4.78, 5) is 37.1. The van der Waals surface area contributed by atoms with Crippen LogP contribution >= 0.6 is 0 Å². The molecule has 122 valence electrons. The van der Waals surface area contributed by atoms with Crippen LogP contribution in [-0.4, -0.2) is 17.7 Å². The van der Waals surface area contributed by atoms with E-state index in [-0.39, 0.29) is 17.7 Å². The fraction of sp³-hybridized carbons (Fsp3) is 0.211. The minimum absolute atomic E-state index is 0.112. The maximum atomic E-state index is 12.0. The number of benzene rings is 2. The third kappa shape index (κ3) is 3.68. The summed E-state index contributed by atoms with van der Waals surface area (Å²) in [6.07, 6.45) is 1.69. The Bertz CT molecular complexity index is 738. The highest BCUT2D eigenvalue weighted by molar-refractivity contribution is 6.16. The summed E-state index contributed by atoms with van der Waals surface area (Å²) in [6.45, 7) is 0. The van der Waals surface area contributed by atoms with E-state index in [9.17, 15) is 14.4 Å². The Balaban J connectivity index is 1.65. The van der Waals surface area contributed by atoms with Gasteiger partial charge in [0.15, 0.2) is 0 Å². The molecule has 0 bridgehead atoms. The molecule has 0 aromatic heterocycles. The highest BCUT2D eigenvalue weighted by Crippen LogP contribution is 2.23. The molecule has 2 aromatic rings. The quantitative estimate of drug-likeness (QED) is 0.880. The molecule has 0 atom stereocenters. The molecule has 0 saturated carbocycles. The summed E-state index contributed by atoms with van der Waals surface area (Å²) < 4.78 is 0. The zero-order valence-electron chi connectivity index (χ0n) is 13.2. The normalized spacial score (nSPS) is 14.6. The lowest BCUT2D eigenvalue weighted by Gasteiger charge is -2.24. The molecule has 2 aromatic carbocycles. The van der Waals surface area contributed by atoms with Gasteiger partial charge in [-0.05, 0) is 36.2 Å². The molecule has 1 N–H and O–H groups in total. The average Bonchev–Trinajstić information content (AvgIpc) is 2.57. The van der Waals surface area contributed by atoms with Crippen LogP contribution in [0.1, 0.15) is 24.8 Å². The molecule has 5 nitrogen and oxygen atoms in total. The van der Waals surface area contributed by atoms with Crippen LogP contribution in [0.15, 0.2) is 54.6 Å². The number of imide groups is 1. The van der Waals surface area contributed by atoms with E-state index in [1.165, 1.54) is 4.90 Å². The van der Waals surface area contributed by atoms with Gasteiger partial charge < -0.3 is 5.32 Å². The van der Waals surface area contributed by atoms with Crippen LogP contribution in [-0.2, 0) is 20.8 Å². The van der Waals surface area contributed by atoms with E-state index in [1.807, 2.05) is 30.3 Å². The number of nitrogens with one attached hydrogen (secondary N) is 1. The third-order valence-electron chi connectivity index (χ3n) is 3.90. The number of amides is 3. The van der Waals surface area contributed by atoms with E-state index < -0.39 is 0 Å².